The molecule has 0 atom stereocenters. The number of hydrogen-bond acceptors (Lipinski definition) is 6. The molecular formula is C22H20N2O6S. The molecule has 0 amide bonds. The molecule has 3 aromatic carbocycles. The minimum atomic E-state index is -4.33. The molecule has 0 fully saturated rings. The molecule has 9 heteroatoms. The van der Waals surface area contributed by atoms with E-state index in [0.29, 0.717) is 5.56 Å². The number of benzene rings is 3. The van der Waals surface area contributed by atoms with Gasteiger partial charge < -0.3 is 4.74 Å². The molecule has 0 saturated carbocycles. The fourth-order valence-electron chi connectivity index (χ4n) is 3.06. The summed E-state index contributed by atoms with van der Waals surface area (Å²) in [4.78, 5) is 22.5. The Morgan fingerprint density at radius 1 is 1.00 bits per heavy atom. The van der Waals surface area contributed by atoms with E-state index in [4.69, 9.17) is 4.74 Å². The Labute approximate surface area is 179 Å². The molecular weight excluding hydrogens is 420 g/mol. The van der Waals surface area contributed by atoms with Crippen molar-refractivity contribution >= 4 is 27.4 Å². The van der Waals surface area contributed by atoms with Crippen molar-refractivity contribution in [3.63, 3.8) is 0 Å². The second-order valence-corrected chi connectivity index (χ2v) is 8.32. The van der Waals surface area contributed by atoms with Gasteiger partial charge in [-0.1, -0.05) is 54.6 Å². The van der Waals surface area contributed by atoms with Crippen molar-refractivity contribution in [2.75, 3.05) is 17.5 Å². The fraction of sp³-hybridized carbons (Fsp3) is 0.136. The molecule has 0 spiro atoms. The number of anilines is 1. The van der Waals surface area contributed by atoms with Crippen molar-refractivity contribution in [3.8, 4) is 11.1 Å². The molecule has 0 aliphatic carbocycles. The standard InChI is InChI=1S/C22H20N2O6S/c1-2-30-22(25)16-23(31(28,29)19-12-8-11-18(15-19)24(26)27)21-14-7-6-13-20(21)17-9-4-3-5-10-17/h3-15H,2,16H2,1H3. The zero-order valence-electron chi connectivity index (χ0n) is 16.7. The average molecular weight is 440 g/mol. The van der Waals surface area contributed by atoms with Crippen LogP contribution in [-0.4, -0.2) is 32.5 Å². The zero-order chi connectivity index (χ0) is 22.4. The number of ether oxygens (including phenoxy) is 1. The third-order valence-electron chi connectivity index (χ3n) is 4.45. The summed E-state index contributed by atoms with van der Waals surface area (Å²) in [6.07, 6.45) is 0. The van der Waals surface area contributed by atoms with Gasteiger partial charge in [0.05, 0.1) is 22.1 Å². The van der Waals surface area contributed by atoms with Gasteiger partial charge >= 0.3 is 5.97 Å². The molecule has 0 aliphatic rings. The highest BCUT2D eigenvalue weighted by Crippen LogP contribution is 2.34. The maximum Gasteiger partial charge on any atom is 0.326 e. The third-order valence-corrected chi connectivity index (χ3v) is 6.21. The summed E-state index contributed by atoms with van der Waals surface area (Å²) in [5.74, 6) is -0.737. The number of non-ortho nitro benzene ring substituents is 1. The van der Waals surface area contributed by atoms with E-state index in [2.05, 4.69) is 0 Å². The molecule has 0 radical (unpaired) electrons. The van der Waals surface area contributed by atoms with E-state index in [1.165, 1.54) is 18.2 Å². The van der Waals surface area contributed by atoms with Gasteiger partial charge in [0.25, 0.3) is 15.7 Å². The van der Waals surface area contributed by atoms with Crippen LogP contribution in [0.5, 0.6) is 0 Å². The lowest BCUT2D eigenvalue weighted by Gasteiger charge is -2.26. The van der Waals surface area contributed by atoms with Crippen molar-refractivity contribution < 1.29 is 22.9 Å². The van der Waals surface area contributed by atoms with Crippen LogP contribution < -0.4 is 4.31 Å². The van der Waals surface area contributed by atoms with Crippen molar-refractivity contribution in [1.29, 1.82) is 0 Å². The molecule has 0 heterocycles. The number of sulfonamides is 1. The molecule has 31 heavy (non-hydrogen) atoms. The van der Waals surface area contributed by atoms with Crippen molar-refractivity contribution in [1.82, 2.24) is 0 Å². The maximum atomic E-state index is 13.5. The summed E-state index contributed by atoms with van der Waals surface area (Å²) in [5, 5.41) is 11.1. The first-order valence-corrected chi connectivity index (χ1v) is 10.9. The number of carbonyl (C=O) groups is 1. The molecule has 0 saturated heterocycles. The van der Waals surface area contributed by atoms with Gasteiger partial charge in [-0.05, 0) is 24.6 Å². The van der Waals surface area contributed by atoms with Crippen LogP contribution in [0.25, 0.3) is 11.1 Å². The van der Waals surface area contributed by atoms with Gasteiger partial charge in [0.1, 0.15) is 6.54 Å². The van der Waals surface area contributed by atoms with Crippen LogP contribution in [0.4, 0.5) is 11.4 Å². The Bertz CT molecular complexity index is 1200. The number of rotatable bonds is 8. The normalized spacial score (nSPS) is 11.0. The van der Waals surface area contributed by atoms with E-state index in [1.807, 2.05) is 30.3 Å². The molecule has 0 aliphatic heterocycles. The van der Waals surface area contributed by atoms with Crippen LogP contribution in [-0.2, 0) is 19.6 Å². The number of carbonyl (C=O) groups excluding carboxylic acids is 1. The zero-order valence-corrected chi connectivity index (χ0v) is 17.5. The smallest absolute Gasteiger partial charge is 0.326 e. The molecule has 3 rings (SSSR count). The summed E-state index contributed by atoms with van der Waals surface area (Å²) >= 11 is 0. The Morgan fingerprint density at radius 2 is 1.68 bits per heavy atom. The van der Waals surface area contributed by atoms with Gasteiger partial charge in [0.15, 0.2) is 0 Å². The van der Waals surface area contributed by atoms with Gasteiger partial charge in [-0.3, -0.25) is 19.2 Å². The van der Waals surface area contributed by atoms with Crippen molar-refractivity contribution in [3.05, 3.63) is 89.0 Å². The summed E-state index contributed by atoms with van der Waals surface area (Å²) in [5.41, 5.74) is 1.23. The van der Waals surface area contributed by atoms with Crippen LogP contribution >= 0.6 is 0 Å². The Balaban J connectivity index is 2.18. The van der Waals surface area contributed by atoms with E-state index >= 15 is 0 Å². The monoisotopic (exact) mass is 440 g/mol. The first kappa shape index (κ1) is 22.0. The minimum Gasteiger partial charge on any atom is -0.465 e. The van der Waals surface area contributed by atoms with E-state index < -0.39 is 27.5 Å². The van der Waals surface area contributed by atoms with E-state index in [9.17, 15) is 23.3 Å². The van der Waals surface area contributed by atoms with Crippen molar-refractivity contribution in [2.24, 2.45) is 0 Å². The molecule has 0 N–H and O–H groups in total. The van der Waals surface area contributed by atoms with E-state index in [-0.39, 0.29) is 22.9 Å². The first-order chi connectivity index (χ1) is 14.8. The highest BCUT2D eigenvalue weighted by Gasteiger charge is 2.30. The fourth-order valence-corrected chi connectivity index (χ4v) is 4.53. The second-order valence-electron chi connectivity index (χ2n) is 6.45. The number of nitro benzene ring substituents is 1. The number of hydrogen-bond donors (Lipinski definition) is 0. The lowest BCUT2D eigenvalue weighted by Crippen LogP contribution is -2.37. The molecule has 160 valence electrons. The van der Waals surface area contributed by atoms with Crippen LogP contribution in [0.15, 0.2) is 83.8 Å². The topological polar surface area (TPSA) is 107 Å². The Hall–Kier alpha value is -3.72. The number of nitrogens with zero attached hydrogens (tertiary/aromatic N) is 2. The molecule has 0 bridgehead atoms. The Morgan fingerprint density at radius 3 is 2.35 bits per heavy atom. The highest BCUT2D eigenvalue weighted by atomic mass is 32.2. The van der Waals surface area contributed by atoms with Crippen LogP contribution in [0.2, 0.25) is 0 Å². The number of esters is 1. The largest absolute Gasteiger partial charge is 0.465 e. The Kier molecular flexibility index (Phi) is 6.66. The quantitative estimate of drug-likeness (QED) is 0.297. The summed E-state index contributed by atoms with van der Waals surface area (Å²) < 4.78 is 33.0. The van der Waals surface area contributed by atoms with Gasteiger partial charge in [-0.25, -0.2) is 8.42 Å². The van der Waals surface area contributed by atoms with Gasteiger partial charge in [-0.2, -0.15) is 0 Å². The number of para-hydroxylation sites is 1. The van der Waals surface area contributed by atoms with Gasteiger partial charge in [0.2, 0.25) is 0 Å². The lowest BCUT2D eigenvalue weighted by atomic mass is 10.0. The van der Waals surface area contributed by atoms with E-state index in [0.717, 1.165) is 15.9 Å². The predicted molar refractivity (Wildman–Crippen MR) is 116 cm³/mol. The summed E-state index contributed by atoms with van der Waals surface area (Å²) in [7, 11) is -4.33. The minimum absolute atomic E-state index is 0.0872. The average Bonchev–Trinajstić information content (AvgIpc) is 2.78. The number of nitro groups is 1. The second kappa shape index (κ2) is 9.40. The third kappa shape index (κ3) is 4.89. The SMILES string of the molecule is CCOC(=O)CN(c1ccccc1-c1ccccc1)S(=O)(=O)c1cccc([N+](=O)[O-])c1. The molecule has 3 aromatic rings. The van der Waals surface area contributed by atoms with E-state index in [1.54, 1.807) is 31.2 Å². The summed E-state index contributed by atoms with van der Waals surface area (Å²) in [6.45, 7) is 1.13. The van der Waals surface area contributed by atoms with Crippen molar-refractivity contribution in [2.45, 2.75) is 11.8 Å². The lowest BCUT2D eigenvalue weighted by molar-refractivity contribution is -0.385. The molecule has 0 unspecified atom stereocenters. The molecule has 8 nitrogen and oxygen atoms in total. The summed E-state index contributed by atoms with van der Waals surface area (Å²) in [6, 6.07) is 20.6. The van der Waals surface area contributed by atoms with Crippen LogP contribution in [0.1, 0.15) is 6.92 Å². The maximum absolute atomic E-state index is 13.5. The van der Waals surface area contributed by atoms with Crippen LogP contribution in [0, 0.1) is 10.1 Å². The highest BCUT2D eigenvalue weighted by molar-refractivity contribution is 7.92. The van der Waals surface area contributed by atoms with Crippen LogP contribution in [0.3, 0.4) is 0 Å². The first-order valence-electron chi connectivity index (χ1n) is 9.42. The molecule has 0 aromatic heterocycles. The van der Waals surface area contributed by atoms with Gasteiger partial charge in [0, 0.05) is 17.7 Å². The predicted octanol–water partition coefficient (Wildman–Crippen LogP) is 4.02. The van der Waals surface area contributed by atoms with Gasteiger partial charge in [-0.15, -0.1) is 0 Å².